The molecule has 0 aliphatic carbocycles. The monoisotopic (exact) mass is 339 g/mol. The molecule has 0 amide bonds. The number of hydrazone groups is 1. The predicted octanol–water partition coefficient (Wildman–Crippen LogP) is 4.06. The maximum Gasteiger partial charge on any atom is 0.203 e. The number of thiazole rings is 1. The highest BCUT2D eigenvalue weighted by atomic mass is 79.9. The first kappa shape index (κ1) is 14.0. The van der Waals surface area contributed by atoms with Crippen LogP contribution in [0.3, 0.4) is 0 Å². The first-order valence-electron chi connectivity index (χ1n) is 5.82. The van der Waals surface area contributed by atoms with Crippen LogP contribution in [0, 0.1) is 6.92 Å². The van der Waals surface area contributed by atoms with E-state index in [-0.39, 0.29) is 0 Å². The summed E-state index contributed by atoms with van der Waals surface area (Å²) in [6.07, 6.45) is 1.75. The van der Waals surface area contributed by atoms with Gasteiger partial charge >= 0.3 is 0 Å². The Morgan fingerprint density at radius 2 is 2.37 bits per heavy atom. The summed E-state index contributed by atoms with van der Waals surface area (Å²) in [6.45, 7) is 4.56. The van der Waals surface area contributed by atoms with Crippen LogP contribution in [0.25, 0.3) is 0 Å². The summed E-state index contributed by atoms with van der Waals surface area (Å²) < 4.78 is 6.37. The lowest BCUT2D eigenvalue weighted by Crippen LogP contribution is -1.94. The molecule has 0 radical (unpaired) electrons. The Labute approximate surface area is 124 Å². The Hall–Kier alpha value is -1.40. The lowest BCUT2D eigenvalue weighted by molar-refractivity contribution is 0.338. The number of hydrogen-bond donors (Lipinski definition) is 1. The van der Waals surface area contributed by atoms with E-state index in [1.165, 1.54) is 11.3 Å². The molecule has 1 N–H and O–H groups in total. The number of nitrogens with zero attached hydrogens (tertiary/aromatic N) is 2. The van der Waals surface area contributed by atoms with Crippen LogP contribution in [-0.4, -0.2) is 17.8 Å². The van der Waals surface area contributed by atoms with Crippen molar-refractivity contribution >= 4 is 38.6 Å². The van der Waals surface area contributed by atoms with Gasteiger partial charge in [0, 0.05) is 5.38 Å². The summed E-state index contributed by atoms with van der Waals surface area (Å²) in [7, 11) is 0. The van der Waals surface area contributed by atoms with Crippen molar-refractivity contribution in [3.63, 3.8) is 0 Å². The number of ether oxygens (including phenoxy) is 1. The standard InChI is InChI=1S/C13H14BrN3OS/c1-3-18-12-5-4-10(6-11(12)14)7-15-17-13-16-9(2)8-19-13/h4-8H,3H2,1-2H3,(H,16,17)/b15-7-. The smallest absolute Gasteiger partial charge is 0.203 e. The highest BCUT2D eigenvalue weighted by molar-refractivity contribution is 9.10. The zero-order valence-electron chi connectivity index (χ0n) is 10.7. The zero-order chi connectivity index (χ0) is 13.7. The van der Waals surface area contributed by atoms with E-state index in [4.69, 9.17) is 4.74 Å². The summed E-state index contributed by atoms with van der Waals surface area (Å²) >= 11 is 5.00. The number of nitrogens with one attached hydrogen (secondary N) is 1. The minimum absolute atomic E-state index is 0.650. The first-order valence-corrected chi connectivity index (χ1v) is 7.50. The van der Waals surface area contributed by atoms with E-state index in [1.54, 1.807) is 6.21 Å². The van der Waals surface area contributed by atoms with Crippen molar-refractivity contribution in [1.29, 1.82) is 0 Å². The summed E-state index contributed by atoms with van der Waals surface area (Å²) in [5.41, 5.74) is 4.88. The van der Waals surface area contributed by atoms with Gasteiger partial charge in [0.05, 0.1) is 23.0 Å². The summed E-state index contributed by atoms with van der Waals surface area (Å²) in [5, 5.41) is 6.92. The molecule has 2 rings (SSSR count). The van der Waals surface area contributed by atoms with E-state index in [1.807, 2.05) is 37.4 Å². The molecule has 0 bridgehead atoms. The Balaban J connectivity index is 2.00. The van der Waals surface area contributed by atoms with Crippen LogP contribution in [-0.2, 0) is 0 Å². The van der Waals surface area contributed by atoms with Gasteiger partial charge in [0.1, 0.15) is 5.75 Å². The van der Waals surface area contributed by atoms with Crippen LogP contribution < -0.4 is 10.2 Å². The fourth-order valence-corrected chi connectivity index (χ4v) is 2.59. The van der Waals surface area contributed by atoms with E-state index in [2.05, 4.69) is 31.4 Å². The maximum atomic E-state index is 5.45. The molecule has 0 fully saturated rings. The number of hydrogen-bond acceptors (Lipinski definition) is 5. The van der Waals surface area contributed by atoms with Crippen molar-refractivity contribution in [3.8, 4) is 5.75 Å². The average molecular weight is 340 g/mol. The van der Waals surface area contributed by atoms with Gasteiger partial charge in [-0.3, -0.25) is 5.43 Å². The molecular weight excluding hydrogens is 326 g/mol. The highest BCUT2D eigenvalue weighted by Crippen LogP contribution is 2.25. The highest BCUT2D eigenvalue weighted by Gasteiger charge is 2.00. The van der Waals surface area contributed by atoms with Gasteiger partial charge in [-0.25, -0.2) is 4.98 Å². The van der Waals surface area contributed by atoms with Crippen molar-refractivity contribution in [2.45, 2.75) is 13.8 Å². The fourth-order valence-electron chi connectivity index (χ4n) is 1.44. The van der Waals surface area contributed by atoms with Crippen LogP contribution in [0.1, 0.15) is 18.2 Å². The second-order valence-corrected chi connectivity index (χ2v) is 5.50. The van der Waals surface area contributed by atoms with Gasteiger partial charge in [0.2, 0.25) is 5.13 Å². The third-order valence-electron chi connectivity index (χ3n) is 2.25. The van der Waals surface area contributed by atoms with Crippen LogP contribution >= 0.6 is 27.3 Å². The SMILES string of the molecule is CCOc1ccc(/C=N\Nc2nc(C)cs2)cc1Br. The fraction of sp³-hybridized carbons (Fsp3) is 0.231. The molecule has 0 spiro atoms. The van der Waals surface area contributed by atoms with Crippen molar-refractivity contribution in [1.82, 2.24) is 4.98 Å². The molecule has 1 heterocycles. The van der Waals surface area contributed by atoms with Crippen LogP contribution in [0.4, 0.5) is 5.13 Å². The number of halogens is 1. The van der Waals surface area contributed by atoms with Gasteiger partial charge in [-0.1, -0.05) is 0 Å². The Kier molecular flexibility index (Phi) is 4.93. The van der Waals surface area contributed by atoms with Gasteiger partial charge < -0.3 is 4.74 Å². The molecule has 4 nitrogen and oxygen atoms in total. The van der Waals surface area contributed by atoms with E-state index in [0.29, 0.717) is 6.61 Å². The lowest BCUT2D eigenvalue weighted by Gasteiger charge is -2.05. The quantitative estimate of drug-likeness (QED) is 0.660. The van der Waals surface area contributed by atoms with E-state index in [9.17, 15) is 0 Å². The number of aromatic nitrogens is 1. The molecule has 0 unspecified atom stereocenters. The lowest BCUT2D eigenvalue weighted by atomic mass is 10.2. The minimum Gasteiger partial charge on any atom is -0.493 e. The Bertz CT molecular complexity index is 583. The number of benzene rings is 1. The Morgan fingerprint density at radius 3 is 3.00 bits per heavy atom. The molecule has 19 heavy (non-hydrogen) atoms. The second-order valence-electron chi connectivity index (χ2n) is 3.79. The van der Waals surface area contributed by atoms with Crippen LogP contribution in [0.5, 0.6) is 5.75 Å². The van der Waals surface area contributed by atoms with Crippen molar-refractivity contribution in [2.24, 2.45) is 5.10 Å². The zero-order valence-corrected chi connectivity index (χ0v) is 13.1. The van der Waals surface area contributed by atoms with E-state index < -0.39 is 0 Å². The molecule has 0 saturated carbocycles. The maximum absolute atomic E-state index is 5.45. The van der Waals surface area contributed by atoms with Gasteiger partial charge in [-0.05, 0) is 53.5 Å². The van der Waals surface area contributed by atoms with Gasteiger partial charge in [-0.15, -0.1) is 11.3 Å². The average Bonchev–Trinajstić information content (AvgIpc) is 2.79. The number of aryl methyl sites for hydroxylation is 1. The molecule has 1 aromatic heterocycles. The summed E-state index contributed by atoms with van der Waals surface area (Å²) in [5.74, 6) is 0.836. The minimum atomic E-state index is 0.650. The molecule has 0 aliphatic heterocycles. The number of anilines is 1. The van der Waals surface area contributed by atoms with Crippen LogP contribution in [0.15, 0.2) is 33.2 Å². The molecule has 2 aromatic rings. The van der Waals surface area contributed by atoms with Gasteiger partial charge in [0.15, 0.2) is 0 Å². The Morgan fingerprint density at radius 1 is 1.53 bits per heavy atom. The summed E-state index contributed by atoms with van der Waals surface area (Å²) in [4.78, 5) is 4.26. The number of rotatable bonds is 5. The third kappa shape index (κ3) is 4.04. The topological polar surface area (TPSA) is 46.5 Å². The molecular formula is C13H14BrN3OS. The molecule has 6 heteroatoms. The van der Waals surface area contributed by atoms with Crippen molar-refractivity contribution in [3.05, 3.63) is 39.3 Å². The van der Waals surface area contributed by atoms with Gasteiger partial charge in [-0.2, -0.15) is 5.10 Å². The summed E-state index contributed by atoms with van der Waals surface area (Å²) in [6, 6.07) is 5.83. The molecule has 0 aliphatic rings. The molecule has 0 saturated heterocycles. The molecule has 100 valence electrons. The normalized spacial score (nSPS) is 10.9. The van der Waals surface area contributed by atoms with Crippen LogP contribution in [0.2, 0.25) is 0 Å². The second kappa shape index (κ2) is 6.68. The van der Waals surface area contributed by atoms with Crippen molar-refractivity contribution in [2.75, 3.05) is 12.0 Å². The third-order valence-corrected chi connectivity index (χ3v) is 3.73. The molecule has 0 atom stereocenters. The van der Waals surface area contributed by atoms with E-state index in [0.717, 1.165) is 26.6 Å². The molecule has 1 aromatic carbocycles. The van der Waals surface area contributed by atoms with Crippen molar-refractivity contribution < 1.29 is 4.74 Å². The first-order chi connectivity index (χ1) is 9.19. The predicted molar refractivity (Wildman–Crippen MR) is 83.4 cm³/mol. The van der Waals surface area contributed by atoms with E-state index >= 15 is 0 Å². The largest absolute Gasteiger partial charge is 0.493 e. The van der Waals surface area contributed by atoms with Gasteiger partial charge in [0.25, 0.3) is 0 Å².